The van der Waals surface area contributed by atoms with Gasteiger partial charge in [0.1, 0.15) is 0 Å². The SMILES string of the molecule is Cc1ccc2nc3n(c(=O)c2c1)CCc1c-3[nH]c2ccccc12. The van der Waals surface area contributed by atoms with Crippen LogP contribution in [-0.2, 0) is 13.0 Å². The molecule has 1 aliphatic rings. The van der Waals surface area contributed by atoms with Crippen molar-refractivity contribution in [3.05, 3.63) is 63.9 Å². The van der Waals surface area contributed by atoms with Crippen LogP contribution in [0, 0.1) is 6.92 Å². The first-order chi connectivity index (χ1) is 11.2. The standard InChI is InChI=1S/C19H15N3O/c1-11-6-7-16-14(10-11)19(23)22-9-8-13-12-4-2-3-5-15(12)20-17(13)18(22)21-16/h2-7,10,20H,8-9H2,1H3. The van der Waals surface area contributed by atoms with Crippen molar-refractivity contribution in [2.24, 2.45) is 0 Å². The van der Waals surface area contributed by atoms with Crippen LogP contribution in [0.15, 0.2) is 47.3 Å². The maximum Gasteiger partial charge on any atom is 0.261 e. The van der Waals surface area contributed by atoms with Crippen molar-refractivity contribution in [3.8, 4) is 11.5 Å². The van der Waals surface area contributed by atoms with Crippen molar-refractivity contribution >= 4 is 21.8 Å². The average molecular weight is 301 g/mol. The van der Waals surface area contributed by atoms with Gasteiger partial charge in [0.15, 0.2) is 5.82 Å². The van der Waals surface area contributed by atoms with Crippen LogP contribution < -0.4 is 5.56 Å². The van der Waals surface area contributed by atoms with Gasteiger partial charge in [-0.2, -0.15) is 0 Å². The highest BCUT2D eigenvalue weighted by Gasteiger charge is 2.23. The molecule has 1 aliphatic heterocycles. The molecule has 2 aromatic heterocycles. The lowest BCUT2D eigenvalue weighted by Crippen LogP contribution is -2.27. The summed E-state index contributed by atoms with van der Waals surface area (Å²) in [5, 5.41) is 1.93. The molecule has 0 saturated carbocycles. The quantitative estimate of drug-likeness (QED) is 0.541. The van der Waals surface area contributed by atoms with Crippen LogP contribution in [0.2, 0.25) is 0 Å². The van der Waals surface area contributed by atoms with E-state index >= 15 is 0 Å². The zero-order valence-electron chi connectivity index (χ0n) is 12.8. The van der Waals surface area contributed by atoms with E-state index in [1.165, 1.54) is 10.9 Å². The number of H-pyrrole nitrogens is 1. The normalized spacial score (nSPS) is 13.3. The van der Waals surface area contributed by atoms with Crippen molar-refractivity contribution in [1.29, 1.82) is 0 Å². The Balaban J connectivity index is 1.90. The van der Waals surface area contributed by atoms with Crippen LogP contribution in [0.3, 0.4) is 0 Å². The number of aromatic amines is 1. The molecule has 0 fully saturated rings. The number of nitrogens with zero attached hydrogens (tertiary/aromatic N) is 2. The maximum atomic E-state index is 12.9. The molecular formula is C19H15N3O. The van der Waals surface area contributed by atoms with Gasteiger partial charge in [-0.15, -0.1) is 0 Å². The van der Waals surface area contributed by atoms with Gasteiger partial charge >= 0.3 is 0 Å². The second-order valence-electron chi connectivity index (χ2n) is 6.19. The van der Waals surface area contributed by atoms with Gasteiger partial charge in [-0.1, -0.05) is 29.8 Å². The molecule has 4 aromatic rings. The molecular weight excluding hydrogens is 286 g/mol. The predicted molar refractivity (Wildman–Crippen MR) is 91.7 cm³/mol. The molecule has 4 nitrogen and oxygen atoms in total. The number of aromatic nitrogens is 3. The van der Waals surface area contributed by atoms with E-state index in [1.54, 1.807) is 4.57 Å². The lowest BCUT2D eigenvalue weighted by molar-refractivity contribution is 0.653. The Morgan fingerprint density at radius 1 is 1.13 bits per heavy atom. The van der Waals surface area contributed by atoms with Gasteiger partial charge in [0, 0.05) is 17.4 Å². The van der Waals surface area contributed by atoms with Gasteiger partial charge < -0.3 is 4.98 Å². The topological polar surface area (TPSA) is 50.7 Å². The molecule has 0 spiro atoms. The van der Waals surface area contributed by atoms with Gasteiger partial charge in [0.05, 0.1) is 16.6 Å². The van der Waals surface area contributed by atoms with E-state index in [0.717, 1.165) is 34.5 Å². The van der Waals surface area contributed by atoms with Crippen LogP contribution in [0.1, 0.15) is 11.1 Å². The van der Waals surface area contributed by atoms with Crippen molar-refractivity contribution in [2.75, 3.05) is 0 Å². The van der Waals surface area contributed by atoms with Crippen LogP contribution in [0.25, 0.3) is 33.3 Å². The van der Waals surface area contributed by atoms with E-state index in [0.29, 0.717) is 11.9 Å². The summed E-state index contributed by atoms with van der Waals surface area (Å²) in [7, 11) is 0. The number of aryl methyl sites for hydroxylation is 2. The second-order valence-corrected chi connectivity index (χ2v) is 6.19. The summed E-state index contributed by atoms with van der Waals surface area (Å²) in [6.07, 6.45) is 0.852. The summed E-state index contributed by atoms with van der Waals surface area (Å²) in [6, 6.07) is 14.1. The van der Waals surface area contributed by atoms with Gasteiger partial charge in [0.25, 0.3) is 5.56 Å². The average Bonchev–Trinajstić information content (AvgIpc) is 2.95. The van der Waals surface area contributed by atoms with Crippen LogP contribution >= 0.6 is 0 Å². The Labute approximate surface area is 132 Å². The van der Waals surface area contributed by atoms with E-state index in [-0.39, 0.29) is 5.56 Å². The van der Waals surface area contributed by atoms with Crippen LogP contribution in [-0.4, -0.2) is 14.5 Å². The first-order valence-corrected chi connectivity index (χ1v) is 7.83. The summed E-state index contributed by atoms with van der Waals surface area (Å²) in [5.41, 5.74) is 5.25. The second kappa shape index (κ2) is 4.32. The summed E-state index contributed by atoms with van der Waals surface area (Å²) in [4.78, 5) is 21.1. The third kappa shape index (κ3) is 1.66. The Kier molecular flexibility index (Phi) is 2.37. The minimum absolute atomic E-state index is 0.0537. The number of hydrogen-bond acceptors (Lipinski definition) is 2. The Morgan fingerprint density at radius 2 is 2.00 bits per heavy atom. The highest BCUT2D eigenvalue weighted by Crippen LogP contribution is 2.33. The minimum atomic E-state index is 0.0537. The molecule has 112 valence electrons. The third-order valence-corrected chi connectivity index (χ3v) is 4.73. The molecule has 23 heavy (non-hydrogen) atoms. The summed E-state index contributed by atoms with van der Waals surface area (Å²) in [6.45, 7) is 2.68. The largest absolute Gasteiger partial charge is 0.352 e. The molecule has 4 heteroatoms. The van der Waals surface area contributed by atoms with Gasteiger partial charge in [0.2, 0.25) is 0 Å². The zero-order chi connectivity index (χ0) is 15.6. The summed E-state index contributed by atoms with van der Waals surface area (Å²) in [5.74, 6) is 0.754. The van der Waals surface area contributed by atoms with Crippen molar-refractivity contribution in [3.63, 3.8) is 0 Å². The first-order valence-electron chi connectivity index (χ1n) is 7.83. The molecule has 1 N–H and O–H groups in total. The zero-order valence-corrected chi connectivity index (χ0v) is 12.8. The molecule has 0 aliphatic carbocycles. The number of rotatable bonds is 0. The Morgan fingerprint density at radius 3 is 2.91 bits per heavy atom. The van der Waals surface area contributed by atoms with E-state index in [4.69, 9.17) is 4.98 Å². The molecule has 0 saturated heterocycles. The minimum Gasteiger partial charge on any atom is -0.352 e. The molecule has 0 unspecified atom stereocenters. The highest BCUT2D eigenvalue weighted by molar-refractivity contribution is 5.91. The molecule has 0 radical (unpaired) electrons. The molecule has 0 amide bonds. The van der Waals surface area contributed by atoms with Crippen molar-refractivity contribution < 1.29 is 0 Å². The van der Waals surface area contributed by atoms with E-state index in [2.05, 4.69) is 23.2 Å². The summed E-state index contributed by atoms with van der Waals surface area (Å²) >= 11 is 0. The summed E-state index contributed by atoms with van der Waals surface area (Å²) < 4.78 is 1.81. The van der Waals surface area contributed by atoms with Crippen LogP contribution in [0.4, 0.5) is 0 Å². The number of hydrogen-bond donors (Lipinski definition) is 1. The maximum absolute atomic E-state index is 12.9. The monoisotopic (exact) mass is 301 g/mol. The molecule has 0 atom stereocenters. The lowest BCUT2D eigenvalue weighted by Gasteiger charge is -2.18. The Bertz CT molecular complexity index is 1150. The van der Waals surface area contributed by atoms with Crippen molar-refractivity contribution in [1.82, 2.24) is 14.5 Å². The van der Waals surface area contributed by atoms with E-state index in [9.17, 15) is 4.79 Å². The first kappa shape index (κ1) is 12.6. The highest BCUT2D eigenvalue weighted by atomic mass is 16.1. The number of fused-ring (bicyclic) bond motifs is 6. The third-order valence-electron chi connectivity index (χ3n) is 4.73. The van der Waals surface area contributed by atoms with Crippen molar-refractivity contribution in [2.45, 2.75) is 19.9 Å². The number of benzene rings is 2. The lowest BCUT2D eigenvalue weighted by atomic mass is 10.0. The Hall–Kier alpha value is -2.88. The van der Waals surface area contributed by atoms with E-state index < -0.39 is 0 Å². The molecule has 5 rings (SSSR count). The molecule has 3 heterocycles. The molecule has 0 bridgehead atoms. The van der Waals surface area contributed by atoms with Crippen LogP contribution in [0.5, 0.6) is 0 Å². The van der Waals surface area contributed by atoms with Gasteiger partial charge in [-0.25, -0.2) is 4.98 Å². The predicted octanol–water partition coefficient (Wildman–Crippen LogP) is 3.41. The number of para-hydroxylation sites is 1. The fourth-order valence-electron chi connectivity index (χ4n) is 3.61. The van der Waals surface area contributed by atoms with Gasteiger partial charge in [-0.3, -0.25) is 9.36 Å². The smallest absolute Gasteiger partial charge is 0.261 e. The number of nitrogens with one attached hydrogen (secondary N) is 1. The molecule has 2 aromatic carbocycles. The van der Waals surface area contributed by atoms with Gasteiger partial charge in [-0.05, 0) is 37.1 Å². The fraction of sp³-hybridized carbons (Fsp3) is 0.158. The van der Waals surface area contributed by atoms with E-state index in [1.807, 2.05) is 31.2 Å². The fourth-order valence-corrected chi connectivity index (χ4v) is 3.61.